The quantitative estimate of drug-likeness (QED) is 0.800. The summed E-state index contributed by atoms with van der Waals surface area (Å²) >= 11 is 3.47. The molecule has 2 N–H and O–H groups in total. The van der Waals surface area contributed by atoms with Crippen molar-refractivity contribution in [2.24, 2.45) is 5.73 Å². The molecule has 20 heavy (non-hydrogen) atoms. The van der Waals surface area contributed by atoms with Crippen LogP contribution >= 0.6 is 15.9 Å². The third-order valence-corrected chi connectivity index (χ3v) is 3.51. The van der Waals surface area contributed by atoms with E-state index in [2.05, 4.69) is 26.0 Å². The summed E-state index contributed by atoms with van der Waals surface area (Å²) in [5.41, 5.74) is 8.93. The molecule has 102 valence electrons. The Morgan fingerprint density at radius 1 is 1.30 bits per heavy atom. The van der Waals surface area contributed by atoms with Crippen molar-refractivity contribution >= 4 is 21.6 Å². The predicted octanol–water partition coefficient (Wildman–Crippen LogP) is 2.63. The highest BCUT2D eigenvalue weighted by Gasteiger charge is 2.10. The lowest BCUT2D eigenvalue weighted by Gasteiger charge is -2.08. The van der Waals surface area contributed by atoms with Gasteiger partial charge in [-0.15, -0.1) is 0 Å². The van der Waals surface area contributed by atoms with Crippen LogP contribution in [-0.2, 0) is 6.54 Å². The number of nitrogens with zero attached hydrogens (tertiary/aromatic N) is 3. The van der Waals surface area contributed by atoms with Crippen LogP contribution in [-0.4, -0.2) is 21.7 Å². The Hall–Kier alpha value is -1.92. The van der Waals surface area contributed by atoms with E-state index < -0.39 is 0 Å². The van der Waals surface area contributed by atoms with Crippen LogP contribution in [0.1, 0.15) is 5.69 Å². The van der Waals surface area contributed by atoms with Gasteiger partial charge < -0.3 is 10.5 Å². The monoisotopic (exact) mass is 332 g/mol. The fraction of sp³-hybridized carbons (Fsp3) is 0.143. The highest BCUT2D eigenvalue weighted by molar-refractivity contribution is 9.10. The molecule has 0 aliphatic carbocycles. The smallest absolute Gasteiger partial charge is 0.153 e. The van der Waals surface area contributed by atoms with Crippen LogP contribution < -0.4 is 10.5 Å². The number of hydrogen-bond donors (Lipinski definition) is 1. The molecule has 0 atom stereocenters. The molecule has 2 heterocycles. The molecule has 0 saturated heterocycles. The first kappa shape index (κ1) is 13.1. The van der Waals surface area contributed by atoms with Crippen molar-refractivity contribution in [2.45, 2.75) is 6.54 Å². The Morgan fingerprint density at radius 3 is 2.90 bits per heavy atom. The lowest BCUT2D eigenvalue weighted by molar-refractivity contribution is 0.416. The minimum atomic E-state index is 0.402. The summed E-state index contributed by atoms with van der Waals surface area (Å²) < 4.78 is 8.10. The molecule has 2 aromatic heterocycles. The van der Waals surface area contributed by atoms with Gasteiger partial charge in [0.15, 0.2) is 5.65 Å². The molecule has 0 fully saturated rings. The Labute approximate surface area is 124 Å². The molecule has 0 aliphatic rings. The number of nitrogens with two attached hydrogens (primary N) is 1. The number of fused-ring (bicyclic) bond motifs is 1. The number of aromatic nitrogens is 3. The molecular weight excluding hydrogens is 320 g/mol. The second-order valence-electron chi connectivity index (χ2n) is 4.30. The highest BCUT2D eigenvalue weighted by atomic mass is 79.9. The van der Waals surface area contributed by atoms with Gasteiger partial charge in [-0.05, 0) is 30.3 Å². The number of imidazole rings is 1. The maximum atomic E-state index is 5.60. The summed E-state index contributed by atoms with van der Waals surface area (Å²) in [4.78, 5) is 4.36. The van der Waals surface area contributed by atoms with Gasteiger partial charge in [0.05, 0.1) is 24.7 Å². The summed E-state index contributed by atoms with van der Waals surface area (Å²) in [6.45, 7) is 0.402. The Morgan fingerprint density at radius 2 is 2.15 bits per heavy atom. The fourth-order valence-electron chi connectivity index (χ4n) is 2.05. The van der Waals surface area contributed by atoms with Crippen LogP contribution in [0.4, 0.5) is 0 Å². The molecule has 0 unspecified atom stereocenters. The molecule has 6 heteroatoms. The zero-order valence-corrected chi connectivity index (χ0v) is 12.5. The van der Waals surface area contributed by atoms with Crippen molar-refractivity contribution in [3.63, 3.8) is 0 Å². The number of methoxy groups -OCH3 is 1. The lowest BCUT2D eigenvalue weighted by Crippen LogP contribution is -1.96. The summed E-state index contributed by atoms with van der Waals surface area (Å²) in [6.07, 6.45) is 1.84. The number of hydrogen-bond acceptors (Lipinski definition) is 4. The molecule has 3 aromatic rings. The van der Waals surface area contributed by atoms with Crippen molar-refractivity contribution < 1.29 is 4.74 Å². The molecule has 1 aromatic carbocycles. The van der Waals surface area contributed by atoms with E-state index in [0.717, 1.165) is 32.8 Å². The summed E-state index contributed by atoms with van der Waals surface area (Å²) in [5, 5.41) is 4.56. The predicted molar refractivity (Wildman–Crippen MR) is 80.6 cm³/mol. The first-order valence-corrected chi connectivity index (χ1v) is 6.90. The van der Waals surface area contributed by atoms with E-state index in [1.807, 2.05) is 36.5 Å². The largest absolute Gasteiger partial charge is 0.496 e. The highest BCUT2D eigenvalue weighted by Crippen LogP contribution is 2.31. The normalized spacial score (nSPS) is 10.9. The molecule has 3 rings (SSSR count). The third kappa shape index (κ3) is 2.28. The zero-order chi connectivity index (χ0) is 14.1. The third-order valence-electron chi connectivity index (χ3n) is 3.02. The number of rotatable bonds is 3. The van der Waals surface area contributed by atoms with Gasteiger partial charge in [-0.1, -0.05) is 15.9 Å². The Kier molecular flexibility index (Phi) is 3.42. The average Bonchev–Trinajstić information content (AvgIpc) is 2.89. The molecule has 0 radical (unpaired) electrons. The molecule has 0 aliphatic heterocycles. The second-order valence-corrected chi connectivity index (χ2v) is 5.22. The van der Waals surface area contributed by atoms with Gasteiger partial charge >= 0.3 is 0 Å². The maximum Gasteiger partial charge on any atom is 0.153 e. The molecule has 0 amide bonds. The zero-order valence-electron chi connectivity index (χ0n) is 10.9. The van der Waals surface area contributed by atoms with Crippen LogP contribution in [0, 0.1) is 0 Å². The van der Waals surface area contributed by atoms with Gasteiger partial charge in [0.25, 0.3) is 0 Å². The van der Waals surface area contributed by atoms with Crippen molar-refractivity contribution in [3.05, 3.63) is 46.7 Å². The summed E-state index contributed by atoms with van der Waals surface area (Å²) in [7, 11) is 1.65. The van der Waals surface area contributed by atoms with Crippen molar-refractivity contribution in [1.29, 1.82) is 0 Å². The van der Waals surface area contributed by atoms with Gasteiger partial charge in [-0.3, -0.25) is 0 Å². The van der Waals surface area contributed by atoms with Crippen LogP contribution in [0.25, 0.3) is 16.9 Å². The van der Waals surface area contributed by atoms with Crippen LogP contribution in [0.5, 0.6) is 5.75 Å². The standard InChI is InChI=1S/C14H13BrN4O/c1-20-13-4-2-9(15)6-11(13)12-3-5-14-17-10(7-16)8-19(14)18-12/h2-6,8H,7,16H2,1H3. The number of halogens is 1. The van der Waals surface area contributed by atoms with E-state index in [9.17, 15) is 0 Å². The SMILES string of the molecule is COc1ccc(Br)cc1-c1ccc2nc(CN)cn2n1. The van der Waals surface area contributed by atoms with Gasteiger partial charge in [0, 0.05) is 16.6 Å². The van der Waals surface area contributed by atoms with E-state index in [0.29, 0.717) is 6.54 Å². The van der Waals surface area contributed by atoms with E-state index in [4.69, 9.17) is 10.5 Å². The first-order chi connectivity index (χ1) is 9.71. The summed E-state index contributed by atoms with van der Waals surface area (Å²) in [6, 6.07) is 9.66. The summed E-state index contributed by atoms with van der Waals surface area (Å²) in [5.74, 6) is 0.777. The van der Waals surface area contributed by atoms with Crippen LogP contribution in [0.2, 0.25) is 0 Å². The van der Waals surface area contributed by atoms with Crippen molar-refractivity contribution in [2.75, 3.05) is 7.11 Å². The van der Waals surface area contributed by atoms with E-state index in [-0.39, 0.29) is 0 Å². The van der Waals surface area contributed by atoms with E-state index >= 15 is 0 Å². The Bertz CT molecular complexity index is 769. The lowest BCUT2D eigenvalue weighted by atomic mass is 10.1. The van der Waals surface area contributed by atoms with Crippen LogP contribution in [0.3, 0.4) is 0 Å². The molecular formula is C14H13BrN4O. The second kappa shape index (κ2) is 5.22. The first-order valence-electron chi connectivity index (χ1n) is 6.10. The van der Waals surface area contributed by atoms with E-state index in [1.54, 1.807) is 11.6 Å². The van der Waals surface area contributed by atoms with Gasteiger partial charge in [0.2, 0.25) is 0 Å². The minimum Gasteiger partial charge on any atom is -0.496 e. The molecule has 0 spiro atoms. The van der Waals surface area contributed by atoms with Crippen LogP contribution in [0.15, 0.2) is 41.0 Å². The maximum absolute atomic E-state index is 5.60. The molecule has 0 bridgehead atoms. The van der Waals surface area contributed by atoms with Crippen molar-refractivity contribution in [3.8, 4) is 17.0 Å². The fourth-order valence-corrected chi connectivity index (χ4v) is 2.41. The van der Waals surface area contributed by atoms with Crippen molar-refractivity contribution in [1.82, 2.24) is 14.6 Å². The van der Waals surface area contributed by atoms with E-state index in [1.165, 1.54) is 0 Å². The molecule has 5 nitrogen and oxygen atoms in total. The van der Waals surface area contributed by atoms with Gasteiger partial charge in [-0.2, -0.15) is 5.10 Å². The Balaban J connectivity index is 2.16. The molecule has 0 saturated carbocycles. The number of benzene rings is 1. The van der Waals surface area contributed by atoms with Gasteiger partial charge in [-0.25, -0.2) is 9.50 Å². The number of ether oxygens (including phenoxy) is 1. The minimum absolute atomic E-state index is 0.402. The van der Waals surface area contributed by atoms with Gasteiger partial charge in [0.1, 0.15) is 5.75 Å². The average molecular weight is 333 g/mol. The topological polar surface area (TPSA) is 65.4 Å².